The van der Waals surface area contributed by atoms with Crippen molar-refractivity contribution in [2.45, 2.75) is 0 Å². The van der Waals surface area contributed by atoms with Crippen molar-refractivity contribution in [1.29, 1.82) is 0 Å². The summed E-state index contributed by atoms with van der Waals surface area (Å²) in [6.07, 6.45) is 1.55. The van der Waals surface area contributed by atoms with Crippen LogP contribution in [0.2, 0.25) is 0 Å². The van der Waals surface area contributed by atoms with Crippen LogP contribution in [0, 0.1) is 6.92 Å². The summed E-state index contributed by atoms with van der Waals surface area (Å²) in [4.78, 5) is 3.76. The van der Waals surface area contributed by atoms with Crippen LogP contribution in [0.15, 0.2) is 18.3 Å². The Bertz CT molecular complexity index is 227. The summed E-state index contributed by atoms with van der Waals surface area (Å²) < 4.78 is 16.5. The van der Waals surface area contributed by atoms with E-state index in [1.807, 2.05) is 0 Å². The van der Waals surface area contributed by atoms with Gasteiger partial charge in [0.05, 0.1) is 5.69 Å². The molecule has 0 unspecified atom stereocenters. The van der Waals surface area contributed by atoms with E-state index in [0.29, 0.717) is 11.4 Å². The molecule has 0 saturated heterocycles. The van der Waals surface area contributed by atoms with E-state index in [9.17, 15) is 4.39 Å². The molecule has 0 spiro atoms. The van der Waals surface area contributed by atoms with Crippen molar-refractivity contribution >= 4 is 0 Å². The monoisotopic (exact) mass is 153 g/mol. The van der Waals surface area contributed by atoms with Crippen molar-refractivity contribution in [3.63, 3.8) is 0 Å². The first kappa shape index (κ1) is 7.98. The molecule has 0 aliphatic carbocycles. The number of rotatable bonds is 3. The highest BCUT2D eigenvalue weighted by atomic mass is 19.1. The Morgan fingerprint density at radius 1 is 1.64 bits per heavy atom. The second-order valence-corrected chi connectivity index (χ2v) is 1.92. The van der Waals surface area contributed by atoms with Gasteiger partial charge in [-0.1, -0.05) is 0 Å². The van der Waals surface area contributed by atoms with E-state index < -0.39 is 6.67 Å². The minimum Gasteiger partial charge on any atom is -0.489 e. The number of alkyl halides is 1. The maximum Gasteiger partial charge on any atom is 0.141 e. The number of aromatic nitrogens is 1. The standard InChI is InChI=1S/C8H8FNO/c1-7-8(11-6-4-9)3-2-5-10-7/h1-3,5H,4,6H2. The molecule has 0 N–H and O–H groups in total. The fourth-order valence-electron chi connectivity index (χ4n) is 0.673. The molecular weight excluding hydrogens is 145 g/mol. The fraction of sp³-hybridized carbons (Fsp3) is 0.250. The Balaban J connectivity index is 2.62. The minimum atomic E-state index is -0.520. The van der Waals surface area contributed by atoms with Gasteiger partial charge in [0, 0.05) is 13.1 Å². The Hall–Kier alpha value is -1.12. The molecule has 1 aromatic rings. The summed E-state index contributed by atoms with van der Waals surface area (Å²) in [5.74, 6) is 0.435. The van der Waals surface area contributed by atoms with E-state index in [2.05, 4.69) is 4.98 Å². The van der Waals surface area contributed by atoms with Gasteiger partial charge in [0.1, 0.15) is 19.0 Å². The molecule has 0 bridgehead atoms. The lowest BCUT2D eigenvalue weighted by atomic mass is 10.3. The SMILES string of the molecule is [CH]c1ncccc1OCCF. The molecule has 0 aromatic carbocycles. The van der Waals surface area contributed by atoms with E-state index in [1.54, 1.807) is 18.3 Å². The molecule has 58 valence electrons. The Morgan fingerprint density at radius 2 is 2.45 bits per heavy atom. The molecule has 0 saturated carbocycles. The number of hydrogen-bond acceptors (Lipinski definition) is 2. The third-order valence-electron chi connectivity index (χ3n) is 1.13. The minimum absolute atomic E-state index is 0.0237. The largest absolute Gasteiger partial charge is 0.489 e. The molecule has 0 amide bonds. The highest BCUT2D eigenvalue weighted by Crippen LogP contribution is 2.12. The van der Waals surface area contributed by atoms with Crippen molar-refractivity contribution in [3.8, 4) is 5.75 Å². The molecule has 3 heteroatoms. The molecule has 0 fully saturated rings. The zero-order valence-electron chi connectivity index (χ0n) is 5.96. The van der Waals surface area contributed by atoms with E-state index in [0.717, 1.165) is 0 Å². The van der Waals surface area contributed by atoms with E-state index >= 15 is 0 Å². The van der Waals surface area contributed by atoms with Gasteiger partial charge in [-0.05, 0) is 12.1 Å². The van der Waals surface area contributed by atoms with Gasteiger partial charge >= 0.3 is 0 Å². The zero-order chi connectivity index (χ0) is 8.10. The summed E-state index contributed by atoms with van der Waals surface area (Å²) in [7, 11) is 0. The molecule has 2 radical (unpaired) electrons. The number of pyridine rings is 1. The van der Waals surface area contributed by atoms with Gasteiger partial charge in [0.25, 0.3) is 0 Å². The molecule has 1 aromatic heterocycles. The van der Waals surface area contributed by atoms with Gasteiger partial charge in [-0.15, -0.1) is 0 Å². The Labute approximate surface area is 65.0 Å². The summed E-state index contributed by atoms with van der Waals surface area (Å²) in [5, 5.41) is 0. The average molecular weight is 153 g/mol. The molecule has 0 atom stereocenters. The smallest absolute Gasteiger partial charge is 0.141 e. The number of nitrogens with zero attached hydrogens (tertiary/aromatic N) is 1. The van der Waals surface area contributed by atoms with Gasteiger partial charge < -0.3 is 4.74 Å². The van der Waals surface area contributed by atoms with Gasteiger partial charge in [-0.3, -0.25) is 4.98 Å². The molecule has 1 heterocycles. The van der Waals surface area contributed by atoms with Gasteiger partial charge in [-0.2, -0.15) is 0 Å². The Morgan fingerprint density at radius 3 is 3.09 bits per heavy atom. The van der Waals surface area contributed by atoms with Crippen molar-refractivity contribution in [2.24, 2.45) is 0 Å². The lowest BCUT2D eigenvalue weighted by Gasteiger charge is -2.04. The van der Waals surface area contributed by atoms with E-state index in [4.69, 9.17) is 11.7 Å². The third-order valence-corrected chi connectivity index (χ3v) is 1.13. The molecule has 0 aliphatic heterocycles. The van der Waals surface area contributed by atoms with E-state index in [1.165, 1.54) is 0 Å². The number of hydrogen-bond donors (Lipinski definition) is 0. The van der Waals surface area contributed by atoms with Crippen LogP contribution < -0.4 is 4.74 Å². The maximum absolute atomic E-state index is 11.6. The lowest BCUT2D eigenvalue weighted by molar-refractivity contribution is 0.271. The fourth-order valence-corrected chi connectivity index (χ4v) is 0.673. The van der Waals surface area contributed by atoms with E-state index in [-0.39, 0.29) is 6.61 Å². The van der Waals surface area contributed by atoms with Crippen LogP contribution in [0.25, 0.3) is 0 Å². The normalized spacial score (nSPS) is 9.64. The van der Waals surface area contributed by atoms with Crippen molar-refractivity contribution in [1.82, 2.24) is 4.98 Å². The molecule has 11 heavy (non-hydrogen) atoms. The predicted molar refractivity (Wildman–Crippen MR) is 39.1 cm³/mol. The van der Waals surface area contributed by atoms with Crippen LogP contribution in [0.3, 0.4) is 0 Å². The summed E-state index contributed by atoms with van der Waals surface area (Å²) in [5.41, 5.74) is 0.293. The van der Waals surface area contributed by atoms with Gasteiger partial charge in [-0.25, -0.2) is 4.39 Å². The van der Waals surface area contributed by atoms with Crippen LogP contribution >= 0.6 is 0 Å². The number of ether oxygens (including phenoxy) is 1. The molecule has 1 rings (SSSR count). The maximum atomic E-state index is 11.6. The lowest BCUT2D eigenvalue weighted by Crippen LogP contribution is -2.00. The highest BCUT2D eigenvalue weighted by Gasteiger charge is 1.97. The first-order valence-corrected chi connectivity index (χ1v) is 3.24. The van der Waals surface area contributed by atoms with Crippen molar-refractivity contribution in [2.75, 3.05) is 13.3 Å². The summed E-state index contributed by atoms with van der Waals surface area (Å²) in [6.45, 7) is 4.91. The van der Waals surface area contributed by atoms with Crippen LogP contribution in [0.5, 0.6) is 5.75 Å². The third kappa shape index (κ3) is 2.18. The van der Waals surface area contributed by atoms with Crippen LogP contribution in [-0.4, -0.2) is 18.3 Å². The molecule has 2 nitrogen and oxygen atoms in total. The first-order chi connectivity index (χ1) is 5.34. The topological polar surface area (TPSA) is 22.1 Å². The Kier molecular flexibility index (Phi) is 2.83. The van der Waals surface area contributed by atoms with Crippen LogP contribution in [0.4, 0.5) is 4.39 Å². The highest BCUT2D eigenvalue weighted by molar-refractivity contribution is 5.28. The summed E-state index contributed by atoms with van der Waals surface area (Å²) in [6, 6.07) is 3.34. The second-order valence-electron chi connectivity index (χ2n) is 1.92. The quantitative estimate of drug-likeness (QED) is 0.656. The predicted octanol–water partition coefficient (Wildman–Crippen LogP) is 1.49. The summed E-state index contributed by atoms with van der Waals surface area (Å²) >= 11 is 0. The molecular formula is C8H8FNO. The first-order valence-electron chi connectivity index (χ1n) is 3.24. The zero-order valence-corrected chi connectivity index (χ0v) is 5.96. The number of halogens is 1. The van der Waals surface area contributed by atoms with Gasteiger partial charge in [0.15, 0.2) is 0 Å². The molecule has 0 aliphatic rings. The van der Waals surface area contributed by atoms with Gasteiger partial charge in [0.2, 0.25) is 0 Å². The average Bonchev–Trinajstić information content (AvgIpc) is 2.03. The second kappa shape index (κ2) is 3.91. The van der Waals surface area contributed by atoms with Crippen LogP contribution in [-0.2, 0) is 0 Å². The van der Waals surface area contributed by atoms with Crippen molar-refractivity contribution in [3.05, 3.63) is 30.9 Å². The van der Waals surface area contributed by atoms with Crippen LogP contribution in [0.1, 0.15) is 5.69 Å². The van der Waals surface area contributed by atoms with Crippen molar-refractivity contribution < 1.29 is 9.13 Å².